The summed E-state index contributed by atoms with van der Waals surface area (Å²) in [5.41, 5.74) is 4.79. The molecule has 4 atom stereocenters. The highest BCUT2D eigenvalue weighted by molar-refractivity contribution is 6.43. The van der Waals surface area contributed by atoms with Crippen LogP contribution in [0.15, 0.2) is 53.1 Å². The number of carbonyl (C=O) groups excluding carboxylic acids is 2. The van der Waals surface area contributed by atoms with E-state index >= 15 is 0 Å². The van der Waals surface area contributed by atoms with Gasteiger partial charge in [0.15, 0.2) is 0 Å². The molecule has 2 amide bonds. The Morgan fingerprint density at radius 2 is 1.82 bits per heavy atom. The minimum Gasteiger partial charge on any atom is -0.507 e. The third-order valence-corrected chi connectivity index (χ3v) is 8.67. The molecule has 200 valence electrons. The van der Waals surface area contributed by atoms with Crippen molar-refractivity contribution in [1.29, 1.82) is 0 Å². The van der Waals surface area contributed by atoms with E-state index in [2.05, 4.69) is 19.9 Å². The number of hydrogen-bond acceptors (Lipinski definition) is 5. The average Bonchev–Trinajstić information content (AvgIpc) is 3.12. The van der Waals surface area contributed by atoms with Crippen LogP contribution in [0.25, 0.3) is 16.8 Å². The first kappa shape index (κ1) is 26.7. The first-order valence-corrected chi connectivity index (χ1v) is 14.1. The fourth-order valence-corrected chi connectivity index (χ4v) is 7.02. The summed E-state index contributed by atoms with van der Waals surface area (Å²) in [6.07, 6.45) is 8.26. The summed E-state index contributed by atoms with van der Waals surface area (Å²) in [6, 6.07) is 11.6. The molecule has 6 nitrogen and oxygen atoms in total. The van der Waals surface area contributed by atoms with Crippen molar-refractivity contribution in [2.45, 2.75) is 71.2 Å². The monoisotopic (exact) mass is 515 g/mol. The maximum atomic E-state index is 13.1. The smallest absolute Gasteiger partial charge is 0.455 e. The number of aromatic hydroxyl groups is 1. The van der Waals surface area contributed by atoms with E-state index in [1.54, 1.807) is 13.1 Å². The third-order valence-electron chi connectivity index (χ3n) is 8.67. The number of hydrogen-bond donors (Lipinski definition) is 2. The van der Waals surface area contributed by atoms with Crippen molar-refractivity contribution in [3.8, 4) is 5.75 Å². The van der Waals surface area contributed by atoms with Crippen molar-refractivity contribution in [2.75, 3.05) is 7.05 Å². The summed E-state index contributed by atoms with van der Waals surface area (Å²) in [4.78, 5) is 27.3. The molecular weight excluding hydrogens is 477 g/mol. The quantitative estimate of drug-likeness (QED) is 0.266. The largest absolute Gasteiger partial charge is 0.507 e. The predicted octanol–water partition coefficient (Wildman–Crippen LogP) is 5.74. The summed E-state index contributed by atoms with van der Waals surface area (Å²) >= 11 is 0. The molecule has 2 N–H and O–H groups in total. The molecule has 2 fully saturated rings. The molecule has 0 aromatic heterocycles. The van der Waals surface area contributed by atoms with E-state index in [1.165, 1.54) is 21.6 Å². The van der Waals surface area contributed by atoms with Gasteiger partial charge in [-0.15, -0.1) is 0 Å². The van der Waals surface area contributed by atoms with Crippen molar-refractivity contribution < 1.29 is 24.4 Å². The fraction of sp³-hybridized carbons (Fsp3) is 0.484. The van der Waals surface area contributed by atoms with Crippen molar-refractivity contribution in [2.24, 2.45) is 17.8 Å². The summed E-state index contributed by atoms with van der Waals surface area (Å²) in [6.45, 7) is 4.31. The van der Waals surface area contributed by atoms with Crippen LogP contribution in [0, 0.1) is 17.8 Å². The first-order chi connectivity index (χ1) is 18.3. The number of carbonyl (C=O) groups is 2. The van der Waals surface area contributed by atoms with Gasteiger partial charge in [-0.25, -0.2) is 0 Å². The normalized spacial score (nSPS) is 25.8. The SMILES string of the molecule is CCCC1=C2[C@@H](CC/C(=C/c3ccc(O)c4ccccc34)CCC)OB(O)C[C@@H]2[C@@H]2C(=O)N(C)C(=O)[C@@H]2C1. The molecule has 2 aromatic rings. The number of phenolic OH excluding ortho intramolecular Hbond substituents is 1. The Morgan fingerprint density at radius 3 is 2.55 bits per heavy atom. The average molecular weight is 515 g/mol. The summed E-state index contributed by atoms with van der Waals surface area (Å²) in [5.74, 6) is -0.770. The number of phenols is 1. The van der Waals surface area contributed by atoms with Gasteiger partial charge in [-0.3, -0.25) is 14.5 Å². The van der Waals surface area contributed by atoms with E-state index in [4.69, 9.17) is 4.65 Å². The molecular formula is C31H38BNO5. The van der Waals surface area contributed by atoms with Gasteiger partial charge in [0.25, 0.3) is 0 Å². The summed E-state index contributed by atoms with van der Waals surface area (Å²) in [5, 5.41) is 22.9. The van der Waals surface area contributed by atoms with Gasteiger partial charge < -0.3 is 14.8 Å². The van der Waals surface area contributed by atoms with E-state index in [0.717, 1.165) is 48.4 Å². The second-order valence-electron chi connectivity index (χ2n) is 11.1. The van der Waals surface area contributed by atoms with Crippen molar-refractivity contribution in [1.82, 2.24) is 4.90 Å². The highest BCUT2D eigenvalue weighted by Crippen LogP contribution is 2.51. The molecule has 0 bridgehead atoms. The molecule has 5 rings (SSSR count). The maximum absolute atomic E-state index is 13.1. The molecule has 2 aromatic carbocycles. The zero-order chi connectivity index (χ0) is 27.0. The lowest BCUT2D eigenvalue weighted by molar-refractivity contribution is -0.138. The number of benzene rings is 2. The lowest BCUT2D eigenvalue weighted by Gasteiger charge is -2.43. The third kappa shape index (κ3) is 4.82. The molecule has 2 saturated heterocycles. The molecule has 1 aliphatic carbocycles. The van der Waals surface area contributed by atoms with Gasteiger partial charge in [-0.1, -0.05) is 74.2 Å². The number of rotatable bonds is 8. The second-order valence-corrected chi connectivity index (χ2v) is 11.1. The van der Waals surface area contributed by atoms with Crippen molar-refractivity contribution in [3.05, 3.63) is 58.7 Å². The van der Waals surface area contributed by atoms with Crippen molar-refractivity contribution in [3.63, 3.8) is 0 Å². The molecule has 0 spiro atoms. The topological polar surface area (TPSA) is 87.1 Å². The number of nitrogens with zero attached hydrogens (tertiary/aromatic N) is 1. The van der Waals surface area contributed by atoms with E-state index in [0.29, 0.717) is 19.2 Å². The minimum absolute atomic E-state index is 0.0838. The number of imide groups is 1. The van der Waals surface area contributed by atoms with Gasteiger partial charge in [-0.05, 0) is 66.9 Å². The Hall–Kier alpha value is -2.90. The van der Waals surface area contributed by atoms with Gasteiger partial charge in [0.1, 0.15) is 5.75 Å². The Bertz CT molecular complexity index is 1300. The van der Waals surface area contributed by atoms with E-state index < -0.39 is 13.0 Å². The molecule has 7 heteroatoms. The fourth-order valence-electron chi connectivity index (χ4n) is 7.02. The van der Waals surface area contributed by atoms with Gasteiger partial charge in [0.2, 0.25) is 11.8 Å². The summed E-state index contributed by atoms with van der Waals surface area (Å²) < 4.78 is 6.16. The molecule has 38 heavy (non-hydrogen) atoms. The van der Waals surface area contributed by atoms with Gasteiger partial charge in [0, 0.05) is 12.4 Å². The van der Waals surface area contributed by atoms with E-state index in [1.807, 2.05) is 30.3 Å². The molecule has 0 radical (unpaired) electrons. The van der Waals surface area contributed by atoms with E-state index in [-0.39, 0.29) is 35.5 Å². The molecule has 3 aliphatic rings. The maximum Gasteiger partial charge on any atom is 0.455 e. The minimum atomic E-state index is -0.941. The second kappa shape index (κ2) is 11.1. The molecule has 0 unspecified atom stereocenters. The van der Waals surface area contributed by atoms with Crippen molar-refractivity contribution >= 4 is 35.8 Å². The molecule has 2 heterocycles. The van der Waals surface area contributed by atoms with Crippen LogP contribution in [0.4, 0.5) is 0 Å². The van der Waals surface area contributed by atoms with Crippen LogP contribution in [0.2, 0.25) is 6.32 Å². The predicted molar refractivity (Wildman–Crippen MR) is 150 cm³/mol. The Balaban J connectivity index is 1.45. The van der Waals surface area contributed by atoms with Crippen LogP contribution in [0.5, 0.6) is 5.75 Å². The van der Waals surface area contributed by atoms with Crippen LogP contribution in [-0.4, -0.2) is 47.1 Å². The summed E-state index contributed by atoms with van der Waals surface area (Å²) in [7, 11) is 0.647. The number of fused-ring (bicyclic) bond motifs is 4. The van der Waals surface area contributed by atoms with Gasteiger partial charge >= 0.3 is 7.12 Å². The van der Waals surface area contributed by atoms with Crippen LogP contribution in [0.1, 0.15) is 64.4 Å². The lowest BCUT2D eigenvalue weighted by Crippen LogP contribution is -2.46. The van der Waals surface area contributed by atoms with Gasteiger partial charge in [0.05, 0.1) is 17.9 Å². The number of likely N-dealkylation sites (tertiary alicyclic amines) is 1. The molecule has 2 aliphatic heterocycles. The van der Waals surface area contributed by atoms with Crippen LogP contribution >= 0.6 is 0 Å². The van der Waals surface area contributed by atoms with Crippen LogP contribution < -0.4 is 0 Å². The lowest BCUT2D eigenvalue weighted by atomic mass is 9.58. The van der Waals surface area contributed by atoms with Crippen LogP contribution in [0.3, 0.4) is 0 Å². The zero-order valence-corrected chi connectivity index (χ0v) is 22.7. The number of allylic oxidation sites excluding steroid dienone is 2. The Kier molecular flexibility index (Phi) is 7.78. The number of amides is 2. The van der Waals surface area contributed by atoms with Crippen LogP contribution in [-0.2, 0) is 14.2 Å². The Labute approximate surface area is 225 Å². The highest BCUT2D eigenvalue weighted by atomic mass is 16.5. The van der Waals surface area contributed by atoms with Gasteiger partial charge in [-0.2, -0.15) is 0 Å². The standard InChI is InChI=1S/C31H38BNO5/c1-4-8-19(16-20-13-14-26(34)23-11-7-6-10-22(20)23)12-15-27-28-21(9-5-2)17-24-29(25(28)18-32(37)38-27)31(36)33(3)30(24)35/h6-7,10-11,13-14,16,24-25,27,29,34,37H,4-5,8-9,12,15,17-18H2,1-3H3/b19-16+/t24-,25+,27-,29-/m1/s1. The molecule has 0 saturated carbocycles. The highest BCUT2D eigenvalue weighted by Gasteiger charge is 2.56. The first-order valence-electron chi connectivity index (χ1n) is 14.1. The Morgan fingerprint density at radius 1 is 1.05 bits per heavy atom. The zero-order valence-electron chi connectivity index (χ0n) is 22.7. The van der Waals surface area contributed by atoms with E-state index in [9.17, 15) is 19.7 Å².